The van der Waals surface area contributed by atoms with Crippen LogP contribution in [0.1, 0.15) is 15.4 Å². The van der Waals surface area contributed by atoms with E-state index in [0.29, 0.717) is 13.0 Å². The van der Waals surface area contributed by atoms with Crippen LogP contribution in [0, 0.1) is 10.1 Å². The first-order valence-electron chi connectivity index (χ1n) is 6.25. The molecule has 1 heterocycles. The molecule has 110 valence electrons. The van der Waals surface area contributed by atoms with Crippen molar-refractivity contribution in [3.8, 4) is 0 Å². The lowest BCUT2D eigenvalue weighted by Crippen LogP contribution is -2.26. The van der Waals surface area contributed by atoms with Gasteiger partial charge in [0, 0.05) is 37.7 Å². The van der Waals surface area contributed by atoms with E-state index in [1.54, 1.807) is 19.3 Å². The lowest BCUT2D eigenvalue weighted by Gasteiger charge is -2.09. The number of aromatic nitrogens is 1. The number of rotatable bonds is 6. The van der Waals surface area contributed by atoms with Gasteiger partial charge in [0.1, 0.15) is 5.69 Å². The quantitative estimate of drug-likeness (QED) is 0.629. The fraction of sp³-hybridized carbons (Fsp3) is 0.231. The Morgan fingerprint density at radius 3 is 2.90 bits per heavy atom. The average molecular weight is 306 g/mol. The smallest absolute Gasteiger partial charge is 0.293 e. The summed E-state index contributed by atoms with van der Waals surface area (Å²) in [7, 11) is 1.55. The summed E-state index contributed by atoms with van der Waals surface area (Å²) in [4.78, 5) is 26.7. The van der Waals surface area contributed by atoms with E-state index in [1.165, 1.54) is 23.5 Å². The highest BCUT2D eigenvalue weighted by atomic mass is 32.1. The molecule has 2 rings (SSSR count). The van der Waals surface area contributed by atoms with Crippen molar-refractivity contribution in [3.05, 3.63) is 50.5 Å². The molecule has 0 unspecified atom stereocenters. The van der Waals surface area contributed by atoms with E-state index in [-0.39, 0.29) is 22.8 Å². The number of hydrogen-bond donors (Lipinski definition) is 2. The molecule has 1 amide bonds. The number of nitrogens with one attached hydrogen (secondary N) is 2. The van der Waals surface area contributed by atoms with Gasteiger partial charge < -0.3 is 10.6 Å². The third kappa shape index (κ3) is 3.54. The molecule has 1 aromatic heterocycles. The SMILES string of the molecule is CNc1c(C(=O)NCCc2nccs2)cccc1[N+](=O)[O-]. The third-order valence-corrected chi connectivity index (χ3v) is 3.68. The molecular weight excluding hydrogens is 292 g/mol. The number of hydrogen-bond acceptors (Lipinski definition) is 6. The maximum atomic E-state index is 12.1. The van der Waals surface area contributed by atoms with Gasteiger partial charge in [-0.15, -0.1) is 11.3 Å². The second-order valence-corrected chi connectivity index (χ2v) is 5.12. The van der Waals surface area contributed by atoms with E-state index in [4.69, 9.17) is 0 Å². The number of nitro benzene ring substituents is 1. The first-order chi connectivity index (χ1) is 10.1. The number of benzene rings is 1. The minimum absolute atomic E-state index is 0.120. The second-order valence-electron chi connectivity index (χ2n) is 4.14. The molecule has 0 aliphatic heterocycles. The Labute approximate surface area is 125 Å². The van der Waals surface area contributed by atoms with Crippen LogP contribution in [-0.4, -0.2) is 29.4 Å². The zero-order chi connectivity index (χ0) is 15.2. The molecule has 0 radical (unpaired) electrons. The van der Waals surface area contributed by atoms with Crippen LogP contribution >= 0.6 is 11.3 Å². The maximum absolute atomic E-state index is 12.1. The van der Waals surface area contributed by atoms with Gasteiger partial charge in [-0.25, -0.2) is 4.98 Å². The van der Waals surface area contributed by atoms with Gasteiger partial charge in [0.05, 0.1) is 15.5 Å². The first kappa shape index (κ1) is 14.9. The van der Waals surface area contributed by atoms with Gasteiger partial charge in [-0.3, -0.25) is 14.9 Å². The number of anilines is 1. The number of carbonyl (C=O) groups excluding carboxylic acids is 1. The van der Waals surface area contributed by atoms with Crippen LogP contribution in [0.2, 0.25) is 0 Å². The molecular formula is C13H14N4O3S. The molecule has 0 fully saturated rings. The van der Waals surface area contributed by atoms with Crippen LogP contribution in [0.5, 0.6) is 0 Å². The molecule has 2 N–H and O–H groups in total. The van der Waals surface area contributed by atoms with Crippen molar-refractivity contribution in [2.45, 2.75) is 6.42 Å². The predicted molar refractivity (Wildman–Crippen MR) is 80.8 cm³/mol. The van der Waals surface area contributed by atoms with Crippen LogP contribution in [0.3, 0.4) is 0 Å². The Kier molecular flexibility index (Phi) is 4.83. The number of para-hydroxylation sites is 1. The standard InChI is InChI=1S/C13H14N4O3S/c1-14-12-9(3-2-4-10(12)17(19)20)13(18)16-6-5-11-15-7-8-21-11/h2-4,7-8,14H,5-6H2,1H3,(H,16,18). The third-order valence-electron chi connectivity index (χ3n) is 2.84. The van der Waals surface area contributed by atoms with Gasteiger partial charge in [0.15, 0.2) is 0 Å². The zero-order valence-corrected chi connectivity index (χ0v) is 12.1. The largest absolute Gasteiger partial charge is 0.382 e. The van der Waals surface area contributed by atoms with E-state index in [2.05, 4.69) is 15.6 Å². The molecule has 0 atom stereocenters. The van der Waals surface area contributed by atoms with Gasteiger partial charge in [-0.05, 0) is 6.07 Å². The fourth-order valence-corrected chi connectivity index (χ4v) is 2.52. The molecule has 1 aromatic carbocycles. The Morgan fingerprint density at radius 1 is 1.48 bits per heavy atom. The van der Waals surface area contributed by atoms with Crippen LogP contribution in [-0.2, 0) is 6.42 Å². The normalized spacial score (nSPS) is 10.1. The Morgan fingerprint density at radius 2 is 2.29 bits per heavy atom. The summed E-state index contributed by atoms with van der Waals surface area (Å²) in [6.07, 6.45) is 2.34. The highest BCUT2D eigenvalue weighted by molar-refractivity contribution is 7.09. The lowest BCUT2D eigenvalue weighted by atomic mass is 10.1. The lowest BCUT2D eigenvalue weighted by molar-refractivity contribution is -0.384. The Bertz CT molecular complexity index is 643. The molecule has 2 aromatic rings. The van der Waals surface area contributed by atoms with E-state index in [1.807, 2.05) is 5.38 Å². The van der Waals surface area contributed by atoms with Gasteiger partial charge in [-0.1, -0.05) is 6.07 Å². The number of nitrogens with zero attached hydrogens (tertiary/aromatic N) is 2. The summed E-state index contributed by atoms with van der Waals surface area (Å²) >= 11 is 1.52. The highest BCUT2D eigenvalue weighted by Gasteiger charge is 2.20. The van der Waals surface area contributed by atoms with Crippen molar-refractivity contribution in [1.29, 1.82) is 0 Å². The molecule has 21 heavy (non-hydrogen) atoms. The monoisotopic (exact) mass is 306 g/mol. The Balaban J connectivity index is 2.08. The van der Waals surface area contributed by atoms with Crippen molar-refractivity contribution in [2.24, 2.45) is 0 Å². The van der Waals surface area contributed by atoms with Crippen LogP contribution in [0.15, 0.2) is 29.8 Å². The van der Waals surface area contributed by atoms with Crippen molar-refractivity contribution in [1.82, 2.24) is 10.3 Å². The topological polar surface area (TPSA) is 97.2 Å². The molecule has 8 heteroatoms. The molecule has 0 bridgehead atoms. The van der Waals surface area contributed by atoms with Crippen molar-refractivity contribution in [3.63, 3.8) is 0 Å². The number of amides is 1. The molecule has 0 spiro atoms. The summed E-state index contributed by atoms with van der Waals surface area (Å²) in [5.41, 5.74) is 0.352. The molecule has 0 aliphatic carbocycles. The zero-order valence-electron chi connectivity index (χ0n) is 11.3. The molecule has 0 saturated heterocycles. The summed E-state index contributed by atoms with van der Waals surface area (Å²) in [6, 6.07) is 4.41. The van der Waals surface area contributed by atoms with Gasteiger partial charge in [0.2, 0.25) is 0 Å². The second kappa shape index (κ2) is 6.80. The molecule has 7 nitrogen and oxygen atoms in total. The highest BCUT2D eigenvalue weighted by Crippen LogP contribution is 2.27. The van der Waals surface area contributed by atoms with Crippen LogP contribution in [0.25, 0.3) is 0 Å². The van der Waals surface area contributed by atoms with E-state index in [0.717, 1.165) is 5.01 Å². The predicted octanol–water partition coefficient (Wildman–Crippen LogP) is 2.07. The molecule has 0 saturated carbocycles. The van der Waals surface area contributed by atoms with E-state index < -0.39 is 4.92 Å². The van der Waals surface area contributed by atoms with E-state index in [9.17, 15) is 14.9 Å². The van der Waals surface area contributed by atoms with Crippen molar-refractivity contribution < 1.29 is 9.72 Å². The van der Waals surface area contributed by atoms with Gasteiger partial charge >= 0.3 is 0 Å². The minimum atomic E-state index is -0.516. The van der Waals surface area contributed by atoms with Crippen LogP contribution in [0.4, 0.5) is 11.4 Å². The summed E-state index contributed by atoms with van der Waals surface area (Å²) < 4.78 is 0. The number of nitro groups is 1. The average Bonchev–Trinajstić information content (AvgIpc) is 2.99. The van der Waals surface area contributed by atoms with Crippen LogP contribution < -0.4 is 10.6 Å². The molecule has 0 aliphatic rings. The summed E-state index contributed by atoms with van der Waals surface area (Å²) in [5.74, 6) is -0.348. The summed E-state index contributed by atoms with van der Waals surface area (Å²) in [6.45, 7) is 0.429. The Hall–Kier alpha value is -2.48. The number of thiazole rings is 1. The fourth-order valence-electron chi connectivity index (χ4n) is 1.90. The van der Waals surface area contributed by atoms with Crippen molar-refractivity contribution in [2.75, 3.05) is 18.9 Å². The summed E-state index contributed by atoms with van der Waals surface area (Å²) in [5, 5.41) is 19.2. The van der Waals surface area contributed by atoms with Crippen molar-refractivity contribution >= 4 is 28.6 Å². The van der Waals surface area contributed by atoms with E-state index >= 15 is 0 Å². The number of carbonyl (C=O) groups is 1. The maximum Gasteiger partial charge on any atom is 0.293 e. The first-order valence-corrected chi connectivity index (χ1v) is 7.13. The van der Waals surface area contributed by atoms with Gasteiger partial charge in [-0.2, -0.15) is 0 Å². The van der Waals surface area contributed by atoms with Gasteiger partial charge in [0.25, 0.3) is 11.6 Å². The minimum Gasteiger partial charge on any atom is -0.382 e.